The fourth-order valence-corrected chi connectivity index (χ4v) is 4.80. The first-order valence-electron chi connectivity index (χ1n) is 12.0. The molecule has 0 radical (unpaired) electrons. The minimum absolute atomic E-state index is 0.153. The molecular weight excluding hydrogens is 440 g/mol. The van der Waals surface area contributed by atoms with Gasteiger partial charge in [0.15, 0.2) is 0 Å². The maximum Gasteiger partial charge on any atom is 0.225 e. The summed E-state index contributed by atoms with van der Waals surface area (Å²) in [6.45, 7) is 8.85. The van der Waals surface area contributed by atoms with Gasteiger partial charge in [0.2, 0.25) is 5.91 Å². The van der Waals surface area contributed by atoms with Crippen LogP contribution >= 0.6 is 11.6 Å². The van der Waals surface area contributed by atoms with Crippen LogP contribution in [0.4, 0.5) is 0 Å². The zero-order valence-electron chi connectivity index (χ0n) is 19.7. The van der Waals surface area contributed by atoms with Crippen LogP contribution in [0.1, 0.15) is 49.8 Å². The molecule has 2 aliphatic heterocycles. The van der Waals surface area contributed by atoms with E-state index < -0.39 is 5.60 Å². The fourth-order valence-electron chi connectivity index (χ4n) is 4.68. The molecule has 1 N–H and O–H groups in total. The van der Waals surface area contributed by atoms with Gasteiger partial charge in [-0.1, -0.05) is 18.5 Å². The Morgan fingerprint density at radius 1 is 1.21 bits per heavy atom. The number of aromatic nitrogens is 2. The summed E-state index contributed by atoms with van der Waals surface area (Å²) in [4.78, 5) is 25.7. The first-order chi connectivity index (χ1) is 16.0. The Morgan fingerprint density at radius 2 is 1.97 bits per heavy atom. The van der Waals surface area contributed by atoms with Crippen molar-refractivity contribution in [3.63, 3.8) is 0 Å². The quantitative estimate of drug-likeness (QED) is 0.626. The topological polar surface area (TPSA) is 70.7 Å². The summed E-state index contributed by atoms with van der Waals surface area (Å²) >= 11 is 6.02. The SMILES string of the molecule is CCc1nc(CN2CCOC(COc3ccc(Cl)cc3)(CC(=O)N3CCCCC3)C2)c(C)[nH]1. The minimum Gasteiger partial charge on any atom is -0.491 e. The Bertz CT molecular complexity index is 926. The first-order valence-corrected chi connectivity index (χ1v) is 12.4. The lowest BCUT2D eigenvalue weighted by Crippen LogP contribution is -2.57. The highest BCUT2D eigenvalue weighted by Crippen LogP contribution is 2.28. The van der Waals surface area contributed by atoms with E-state index in [2.05, 4.69) is 23.7 Å². The number of carbonyl (C=O) groups excluding carboxylic acids is 1. The van der Waals surface area contributed by atoms with Gasteiger partial charge >= 0.3 is 0 Å². The molecule has 0 bridgehead atoms. The Balaban J connectivity index is 1.49. The van der Waals surface area contributed by atoms with Crippen LogP contribution in [0.2, 0.25) is 5.02 Å². The van der Waals surface area contributed by atoms with Gasteiger partial charge in [-0.05, 0) is 50.5 Å². The number of carbonyl (C=O) groups is 1. The van der Waals surface area contributed by atoms with Gasteiger partial charge in [-0.3, -0.25) is 9.69 Å². The van der Waals surface area contributed by atoms with Gasteiger partial charge < -0.3 is 19.4 Å². The predicted molar refractivity (Wildman–Crippen MR) is 129 cm³/mol. The van der Waals surface area contributed by atoms with Crippen molar-refractivity contribution in [3.8, 4) is 5.75 Å². The summed E-state index contributed by atoms with van der Waals surface area (Å²) in [7, 11) is 0. The van der Waals surface area contributed by atoms with Crippen molar-refractivity contribution < 1.29 is 14.3 Å². The number of aryl methyl sites for hydroxylation is 2. The van der Waals surface area contributed by atoms with Gasteiger partial charge in [-0.25, -0.2) is 4.98 Å². The first kappa shape index (κ1) is 24.0. The van der Waals surface area contributed by atoms with Crippen LogP contribution < -0.4 is 4.74 Å². The average Bonchev–Trinajstić information content (AvgIpc) is 3.18. The number of nitrogens with zero attached hydrogens (tertiary/aromatic N) is 3. The molecule has 0 aliphatic carbocycles. The van der Waals surface area contributed by atoms with Crippen molar-refractivity contribution in [1.82, 2.24) is 19.8 Å². The summed E-state index contributed by atoms with van der Waals surface area (Å²) in [6.07, 6.45) is 4.54. The number of benzene rings is 1. The number of amides is 1. The molecule has 4 rings (SSSR count). The van der Waals surface area contributed by atoms with Crippen LogP contribution in [-0.2, 0) is 22.5 Å². The standard InChI is InChI=1S/C25H35ClN4O3/c1-3-23-27-19(2)22(28-23)16-29-13-14-33-25(17-29,15-24(31)30-11-5-4-6-12-30)18-32-21-9-7-20(26)8-10-21/h7-10H,3-6,11-18H2,1-2H3,(H,27,28). The Hall–Kier alpha value is -2.09. The molecule has 33 heavy (non-hydrogen) atoms. The number of rotatable bonds is 8. The van der Waals surface area contributed by atoms with E-state index in [1.165, 1.54) is 6.42 Å². The lowest BCUT2D eigenvalue weighted by molar-refractivity contribution is -0.157. The predicted octanol–water partition coefficient (Wildman–Crippen LogP) is 3.99. The molecule has 7 nitrogen and oxygen atoms in total. The van der Waals surface area contributed by atoms with E-state index >= 15 is 0 Å². The molecule has 1 aromatic carbocycles. The van der Waals surface area contributed by atoms with E-state index in [0.717, 1.165) is 68.4 Å². The van der Waals surface area contributed by atoms with Crippen LogP contribution in [0.25, 0.3) is 0 Å². The molecule has 180 valence electrons. The number of imidazole rings is 1. The highest BCUT2D eigenvalue weighted by molar-refractivity contribution is 6.30. The molecule has 8 heteroatoms. The number of likely N-dealkylation sites (tertiary alicyclic amines) is 1. The van der Waals surface area contributed by atoms with E-state index in [0.29, 0.717) is 31.2 Å². The molecule has 2 saturated heterocycles. The van der Waals surface area contributed by atoms with Crippen molar-refractivity contribution in [1.29, 1.82) is 0 Å². The molecule has 2 aromatic rings. The smallest absolute Gasteiger partial charge is 0.225 e. The summed E-state index contributed by atoms with van der Waals surface area (Å²) in [6, 6.07) is 7.31. The van der Waals surface area contributed by atoms with E-state index in [4.69, 9.17) is 26.1 Å². The molecule has 1 aromatic heterocycles. The van der Waals surface area contributed by atoms with Crippen LogP contribution in [0.15, 0.2) is 24.3 Å². The number of hydrogen-bond acceptors (Lipinski definition) is 5. The Labute approximate surface area is 201 Å². The van der Waals surface area contributed by atoms with Gasteiger partial charge in [0, 0.05) is 49.9 Å². The third kappa shape index (κ3) is 6.28. The van der Waals surface area contributed by atoms with Gasteiger partial charge in [0.05, 0.1) is 18.7 Å². The Kier molecular flexibility index (Phi) is 7.94. The maximum atomic E-state index is 13.2. The second kappa shape index (κ2) is 10.9. The molecular formula is C25H35ClN4O3. The van der Waals surface area contributed by atoms with Crippen molar-refractivity contribution >= 4 is 17.5 Å². The van der Waals surface area contributed by atoms with Gasteiger partial charge in [0.1, 0.15) is 23.8 Å². The van der Waals surface area contributed by atoms with Crippen molar-refractivity contribution in [2.24, 2.45) is 0 Å². The van der Waals surface area contributed by atoms with Crippen LogP contribution in [0.3, 0.4) is 0 Å². The number of nitrogens with one attached hydrogen (secondary N) is 1. The number of halogens is 1. The van der Waals surface area contributed by atoms with Crippen molar-refractivity contribution in [3.05, 3.63) is 46.5 Å². The number of H-pyrrole nitrogens is 1. The van der Waals surface area contributed by atoms with E-state index in [-0.39, 0.29) is 5.91 Å². The number of piperidine rings is 1. The lowest BCUT2D eigenvalue weighted by atomic mass is 9.96. The second-order valence-corrected chi connectivity index (χ2v) is 9.65. The van der Waals surface area contributed by atoms with E-state index in [1.807, 2.05) is 29.2 Å². The average molecular weight is 475 g/mol. The van der Waals surface area contributed by atoms with Crippen LogP contribution in [0.5, 0.6) is 5.75 Å². The van der Waals surface area contributed by atoms with Gasteiger partial charge in [-0.2, -0.15) is 0 Å². The highest BCUT2D eigenvalue weighted by Gasteiger charge is 2.41. The fraction of sp³-hybridized carbons (Fsp3) is 0.600. The zero-order valence-corrected chi connectivity index (χ0v) is 20.5. The molecule has 2 aliphatic rings. The van der Waals surface area contributed by atoms with Gasteiger partial charge in [0.25, 0.3) is 0 Å². The van der Waals surface area contributed by atoms with Crippen LogP contribution in [0, 0.1) is 6.92 Å². The van der Waals surface area contributed by atoms with Crippen molar-refractivity contribution in [2.45, 2.75) is 58.1 Å². The second-order valence-electron chi connectivity index (χ2n) is 9.21. The number of morpholine rings is 1. The summed E-state index contributed by atoms with van der Waals surface area (Å²) in [5.74, 6) is 1.88. The highest BCUT2D eigenvalue weighted by atomic mass is 35.5. The maximum absolute atomic E-state index is 13.2. The molecule has 3 heterocycles. The number of ether oxygens (including phenoxy) is 2. The van der Waals surface area contributed by atoms with E-state index in [9.17, 15) is 4.79 Å². The third-order valence-electron chi connectivity index (χ3n) is 6.57. The monoisotopic (exact) mass is 474 g/mol. The molecule has 1 atom stereocenters. The third-order valence-corrected chi connectivity index (χ3v) is 6.82. The number of aromatic amines is 1. The number of hydrogen-bond donors (Lipinski definition) is 1. The normalized spacial score (nSPS) is 21.8. The lowest BCUT2D eigenvalue weighted by Gasteiger charge is -2.43. The molecule has 2 fully saturated rings. The zero-order chi connectivity index (χ0) is 23.3. The molecule has 0 saturated carbocycles. The minimum atomic E-state index is -0.704. The van der Waals surface area contributed by atoms with Crippen LogP contribution in [-0.4, -0.2) is 70.7 Å². The van der Waals surface area contributed by atoms with Crippen molar-refractivity contribution in [2.75, 3.05) is 39.4 Å². The summed E-state index contributed by atoms with van der Waals surface area (Å²) in [5.41, 5.74) is 1.46. The molecule has 0 spiro atoms. The summed E-state index contributed by atoms with van der Waals surface area (Å²) < 4.78 is 12.5. The van der Waals surface area contributed by atoms with E-state index in [1.54, 1.807) is 0 Å². The van der Waals surface area contributed by atoms with Gasteiger partial charge in [-0.15, -0.1) is 0 Å². The largest absolute Gasteiger partial charge is 0.491 e. The summed E-state index contributed by atoms with van der Waals surface area (Å²) in [5, 5.41) is 0.665. The Morgan fingerprint density at radius 3 is 2.67 bits per heavy atom. The molecule has 1 unspecified atom stereocenters. The molecule has 1 amide bonds.